The van der Waals surface area contributed by atoms with Crippen LogP contribution >= 0.6 is 0 Å². The molecule has 0 saturated heterocycles. The van der Waals surface area contributed by atoms with Gasteiger partial charge in [0, 0.05) is 6.42 Å². The fourth-order valence-corrected chi connectivity index (χ4v) is 7.01. The van der Waals surface area contributed by atoms with Crippen LogP contribution in [-0.4, -0.2) is 34.9 Å². The van der Waals surface area contributed by atoms with E-state index >= 15 is 0 Å². The van der Waals surface area contributed by atoms with Gasteiger partial charge >= 0.3 is 0 Å². The lowest BCUT2D eigenvalue weighted by Crippen LogP contribution is -2.45. The zero-order valence-electron chi connectivity index (χ0n) is 35.1. The lowest BCUT2D eigenvalue weighted by molar-refractivity contribution is -0.123. The summed E-state index contributed by atoms with van der Waals surface area (Å²) >= 11 is 0. The Bertz CT molecular complexity index is 790. The predicted molar refractivity (Wildman–Crippen MR) is 230 cm³/mol. The van der Waals surface area contributed by atoms with Crippen molar-refractivity contribution in [2.45, 2.75) is 257 Å². The first-order valence-electron chi connectivity index (χ1n) is 23.2. The molecule has 0 rings (SSSR count). The van der Waals surface area contributed by atoms with Gasteiger partial charge in [-0.2, -0.15) is 0 Å². The number of unbranched alkanes of at least 4 members (excludes halogenated alkanes) is 31. The first-order chi connectivity index (χ1) is 25.7. The van der Waals surface area contributed by atoms with E-state index in [9.17, 15) is 15.0 Å². The van der Waals surface area contributed by atoms with Crippen LogP contribution in [0, 0.1) is 0 Å². The first-order valence-corrected chi connectivity index (χ1v) is 23.2. The number of nitrogens with one attached hydrogen (secondary N) is 1. The highest BCUT2D eigenvalue weighted by atomic mass is 16.3. The number of carbonyl (C=O) groups excluding carboxylic acids is 1. The highest BCUT2D eigenvalue weighted by Crippen LogP contribution is 2.15. The van der Waals surface area contributed by atoms with Crippen LogP contribution in [0.5, 0.6) is 0 Å². The minimum Gasteiger partial charge on any atom is -0.394 e. The monoisotopic (exact) mass is 730 g/mol. The van der Waals surface area contributed by atoms with E-state index in [4.69, 9.17) is 0 Å². The smallest absolute Gasteiger partial charge is 0.220 e. The standard InChI is InChI=1S/C48H91NO3/c1-3-5-7-9-11-13-15-17-19-21-22-23-24-25-26-27-28-29-31-33-35-37-39-41-43-47(51)46(45-50)49-48(52)44-42-40-38-36-34-32-30-20-18-16-14-12-10-8-6-4-2/h20,30,33,35,41,43,46-47,50-51H,3-19,21-29,31-32,34,36-40,42,44-45H2,1-2H3,(H,49,52)/b30-20-,35-33+,43-41+. The molecule has 4 nitrogen and oxygen atoms in total. The molecule has 0 aliphatic rings. The molecule has 0 aromatic rings. The van der Waals surface area contributed by atoms with Crippen molar-refractivity contribution in [1.29, 1.82) is 0 Å². The molecule has 306 valence electrons. The number of carbonyl (C=O) groups is 1. The van der Waals surface area contributed by atoms with Gasteiger partial charge in [-0.3, -0.25) is 4.79 Å². The second-order valence-electron chi connectivity index (χ2n) is 15.8. The average Bonchev–Trinajstić information content (AvgIpc) is 3.15. The van der Waals surface area contributed by atoms with Crippen LogP contribution in [0.3, 0.4) is 0 Å². The van der Waals surface area contributed by atoms with E-state index in [0.29, 0.717) is 6.42 Å². The number of amides is 1. The quantitative estimate of drug-likeness (QED) is 0.0433. The Hall–Kier alpha value is -1.39. The molecule has 0 bridgehead atoms. The average molecular weight is 730 g/mol. The Kier molecular flexibility index (Phi) is 42.8. The molecule has 2 atom stereocenters. The van der Waals surface area contributed by atoms with Crippen LogP contribution in [-0.2, 0) is 4.79 Å². The molecule has 52 heavy (non-hydrogen) atoms. The molecule has 4 heteroatoms. The fourth-order valence-electron chi connectivity index (χ4n) is 7.01. The van der Waals surface area contributed by atoms with Gasteiger partial charge in [-0.05, 0) is 57.8 Å². The van der Waals surface area contributed by atoms with Crippen LogP contribution in [0.1, 0.15) is 245 Å². The third kappa shape index (κ3) is 39.8. The molecule has 0 aromatic carbocycles. The van der Waals surface area contributed by atoms with E-state index in [0.717, 1.165) is 44.9 Å². The maximum absolute atomic E-state index is 12.4. The molecule has 2 unspecified atom stereocenters. The second-order valence-corrected chi connectivity index (χ2v) is 15.8. The number of hydrogen-bond acceptors (Lipinski definition) is 3. The molecule has 0 aromatic heterocycles. The normalized spacial score (nSPS) is 13.2. The summed E-state index contributed by atoms with van der Waals surface area (Å²) in [5.74, 6) is -0.0812. The van der Waals surface area contributed by atoms with E-state index in [1.54, 1.807) is 6.08 Å². The number of hydrogen-bond donors (Lipinski definition) is 3. The fraction of sp³-hybridized carbons (Fsp3) is 0.854. The lowest BCUT2D eigenvalue weighted by atomic mass is 10.0. The van der Waals surface area contributed by atoms with Crippen LogP contribution < -0.4 is 5.32 Å². The van der Waals surface area contributed by atoms with Crippen molar-refractivity contribution in [3.05, 3.63) is 36.5 Å². The summed E-state index contributed by atoms with van der Waals surface area (Å²) in [7, 11) is 0. The van der Waals surface area contributed by atoms with Gasteiger partial charge in [-0.25, -0.2) is 0 Å². The maximum Gasteiger partial charge on any atom is 0.220 e. The van der Waals surface area contributed by atoms with Crippen molar-refractivity contribution in [3.8, 4) is 0 Å². The molecular weight excluding hydrogens is 639 g/mol. The lowest BCUT2D eigenvalue weighted by Gasteiger charge is -2.19. The Morgan fingerprint density at radius 2 is 0.750 bits per heavy atom. The van der Waals surface area contributed by atoms with Gasteiger partial charge in [0.2, 0.25) is 5.91 Å². The number of aliphatic hydroxyl groups is 2. The highest BCUT2D eigenvalue weighted by Gasteiger charge is 2.17. The van der Waals surface area contributed by atoms with Gasteiger partial charge in [0.1, 0.15) is 0 Å². The third-order valence-corrected chi connectivity index (χ3v) is 10.6. The molecular formula is C48H91NO3. The van der Waals surface area contributed by atoms with E-state index < -0.39 is 12.1 Å². The summed E-state index contributed by atoms with van der Waals surface area (Å²) in [6.45, 7) is 4.30. The van der Waals surface area contributed by atoms with Gasteiger partial charge in [0.05, 0.1) is 18.8 Å². The Labute approximate surface area is 325 Å². The molecule has 0 fully saturated rings. The summed E-state index contributed by atoms with van der Waals surface area (Å²) in [6.07, 6.45) is 58.4. The van der Waals surface area contributed by atoms with Crippen molar-refractivity contribution < 1.29 is 15.0 Å². The third-order valence-electron chi connectivity index (χ3n) is 10.6. The van der Waals surface area contributed by atoms with Crippen LogP contribution in [0.25, 0.3) is 0 Å². The van der Waals surface area contributed by atoms with Crippen molar-refractivity contribution in [3.63, 3.8) is 0 Å². The summed E-state index contributed by atoms with van der Waals surface area (Å²) in [4.78, 5) is 12.4. The summed E-state index contributed by atoms with van der Waals surface area (Å²) in [6, 6.07) is -0.642. The van der Waals surface area contributed by atoms with Crippen molar-refractivity contribution in [2.24, 2.45) is 0 Å². The van der Waals surface area contributed by atoms with E-state index in [1.165, 1.54) is 180 Å². The van der Waals surface area contributed by atoms with Crippen LogP contribution in [0.4, 0.5) is 0 Å². The molecule has 3 N–H and O–H groups in total. The topological polar surface area (TPSA) is 69.6 Å². The SMILES string of the molecule is CCCCCCCCC/C=C\CCCCCCCC(=O)NC(CO)C(O)/C=C/CC/C=C/CCCCCCCCCCCCCCCCCCCC. The van der Waals surface area contributed by atoms with Gasteiger partial charge in [0.25, 0.3) is 0 Å². The minimum atomic E-state index is -0.864. The summed E-state index contributed by atoms with van der Waals surface area (Å²) < 4.78 is 0. The van der Waals surface area contributed by atoms with Crippen LogP contribution in [0.2, 0.25) is 0 Å². The largest absolute Gasteiger partial charge is 0.394 e. The van der Waals surface area contributed by atoms with Gasteiger partial charge < -0.3 is 15.5 Å². The Morgan fingerprint density at radius 3 is 1.12 bits per heavy atom. The Balaban J connectivity index is 3.58. The van der Waals surface area contributed by atoms with E-state index in [1.807, 2.05) is 6.08 Å². The van der Waals surface area contributed by atoms with Crippen molar-refractivity contribution in [1.82, 2.24) is 5.32 Å². The maximum atomic E-state index is 12.4. The predicted octanol–water partition coefficient (Wildman–Crippen LogP) is 14.6. The zero-order valence-corrected chi connectivity index (χ0v) is 35.1. The zero-order chi connectivity index (χ0) is 37.8. The molecule has 0 radical (unpaired) electrons. The van der Waals surface area contributed by atoms with E-state index in [2.05, 4.69) is 43.5 Å². The van der Waals surface area contributed by atoms with Gasteiger partial charge in [0.15, 0.2) is 0 Å². The molecule has 0 aliphatic heterocycles. The first kappa shape index (κ1) is 50.6. The molecule has 0 aliphatic carbocycles. The molecule has 0 heterocycles. The number of rotatable bonds is 42. The molecule has 1 amide bonds. The Morgan fingerprint density at radius 1 is 0.442 bits per heavy atom. The van der Waals surface area contributed by atoms with Gasteiger partial charge in [-0.15, -0.1) is 0 Å². The minimum absolute atomic E-state index is 0.0812. The van der Waals surface area contributed by atoms with Crippen molar-refractivity contribution >= 4 is 5.91 Å². The number of aliphatic hydroxyl groups excluding tert-OH is 2. The summed E-state index contributed by atoms with van der Waals surface area (Å²) in [5.41, 5.74) is 0. The molecule has 0 spiro atoms. The number of allylic oxidation sites excluding steroid dienone is 5. The van der Waals surface area contributed by atoms with Crippen molar-refractivity contribution in [2.75, 3.05) is 6.61 Å². The second kappa shape index (κ2) is 44.0. The molecule has 0 saturated carbocycles. The van der Waals surface area contributed by atoms with Crippen LogP contribution in [0.15, 0.2) is 36.5 Å². The van der Waals surface area contributed by atoms with E-state index in [-0.39, 0.29) is 12.5 Å². The summed E-state index contributed by atoms with van der Waals surface area (Å²) in [5, 5.41) is 23.0. The highest BCUT2D eigenvalue weighted by molar-refractivity contribution is 5.76. The van der Waals surface area contributed by atoms with Gasteiger partial charge in [-0.1, -0.05) is 217 Å².